The number of rotatable bonds is 8. The van der Waals surface area contributed by atoms with E-state index in [-0.39, 0.29) is 17.4 Å². The molecule has 2 aliphatic heterocycles. The number of esters is 1. The second-order valence-electron chi connectivity index (χ2n) is 8.11. The van der Waals surface area contributed by atoms with Gasteiger partial charge in [-0.1, -0.05) is 37.3 Å². The molecule has 154 valence electrons. The molecule has 3 atom stereocenters. The van der Waals surface area contributed by atoms with Gasteiger partial charge in [-0.15, -0.1) is 0 Å². The predicted octanol–water partition coefficient (Wildman–Crippen LogP) is 3.78. The average molecular weight is 395 g/mol. The van der Waals surface area contributed by atoms with Crippen molar-refractivity contribution in [3.05, 3.63) is 53.9 Å². The van der Waals surface area contributed by atoms with Gasteiger partial charge in [0.15, 0.2) is 0 Å². The van der Waals surface area contributed by atoms with Crippen LogP contribution in [0.3, 0.4) is 0 Å². The fourth-order valence-corrected chi connectivity index (χ4v) is 5.08. The SMILES string of the molecule is CCOC(=O)[C@]1(CC)C[C@@H]2CC[C@H]1N2Cc1cnc(NCc2ccccc2)nc1. The number of aromatic nitrogens is 2. The fourth-order valence-electron chi connectivity index (χ4n) is 5.08. The fraction of sp³-hybridized carbons (Fsp3) is 0.522. The van der Waals surface area contributed by atoms with E-state index < -0.39 is 0 Å². The molecule has 0 spiro atoms. The molecule has 0 saturated carbocycles. The molecule has 29 heavy (non-hydrogen) atoms. The largest absolute Gasteiger partial charge is 0.466 e. The summed E-state index contributed by atoms with van der Waals surface area (Å²) < 4.78 is 5.45. The van der Waals surface area contributed by atoms with Crippen molar-refractivity contribution in [3.63, 3.8) is 0 Å². The lowest BCUT2D eigenvalue weighted by Gasteiger charge is -2.34. The first-order valence-corrected chi connectivity index (χ1v) is 10.7. The lowest BCUT2D eigenvalue weighted by Crippen LogP contribution is -2.44. The minimum absolute atomic E-state index is 0.0172. The Morgan fingerprint density at radius 3 is 2.62 bits per heavy atom. The van der Waals surface area contributed by atoms with Crippen LogP contribution in [-0.2, 0) is 22.6 Å². The molecule has 2 fully saturated rings. The highest BCUT2D eigenvalue weighted by atomic mass is 16.5. The first-order chi connectivity index (χ1) is 14.2. The average Bonchev–Trinajstić information content (AvgIpc) is 3.29. The van der Waals surface area contributed by atoms with Crippen molar-refractivity contribution < 1.29 is 9.53 Å². The number of carbonyl (C=O) groups is 1. The lowest BCUT2D eigenvalue weighted by molar-refractivity contribution is -0.157. The first-order valence-electron chi connectivity index (χ1n) is 10.7. The van der Waals surface area contributed by atoms with Crippen LogP contribution >= 0.6 is 0 Å². The molecular weight excluding hydrogens is 364 g/mol. The summed E-state index contributed by atoms with van der Waals surface area (Å²) >= 11 is 0. The molecule has 1 aromatic carbocycles. The lowest BCUT2D eigenvalue weighted by atomic mass is 9.72. The van der Waals surface area contributed by atoms with Crippen molar-refractivity contribution in [2.24, 2.45) is 5.41 Å². The van der Waals surface area contributed by atoms with Gasteiger partial charge in [0.2, 0.25) is 5.95 Å². The molecule has 3 heterocycles. The number of ether oxygens (including phenoxy) is 1. The van der Waals surface area contributed by atoms with Crippen LogP contribution in [0.1, 0.15) is 50.7 Å². The minimum atomic E-state index is -0.350. The van der Waals surface area contributed by atoms with Crippen LogP contribution < -0.4 is 5.32 Å². The normalized spacial score (nSPS) is 25.9. The first kappa shape index (κ1) is 19.8. The Morgan fingerprint density at radius 1 is 1.17 bits per heavy atom. The quantitative estimate of drug-likeness (QED) is 0.687. The van der Waals surface area contributed by atoms with E-state index in [4.69, 9.17) is 4.74 Å². The third-order valence-electron chi connectivity index (χ3n) is 6.56. The highest BCUT2D eigenvalue weighted by Crippen LogP contribution is 2.52. The van der Waals surface area contributed by atoms with Crippen LogP contribution in [0.15, 0.2) is 42.7 Å². The van der Waals surface area contributed by atoms with Crippen molar-refractivity contribution in [2.45, 2.75) is 64.7 Å². The third-order valence-corrected chi connectivity index (χ3v) is 6.56. The van der Waals surface area contributed by atoms with E-state index in [9.17, 15) is 4.79 Å². The van der Waals surface area contributed by atoms with Gasteiger partial charge in [-0.05, 0) is 38.2 Å². The van der Waals surface area contributed by atoms with E-state index in [1.807, 2.05) is 37.5 Å². The van der Waals surface area contributed by atoms with Gasteiger partial charge in [0, 0.05) is 43.1 Å². The van der Waals surface area contributed by atoms with E-state index in [0.29, 0.717) is 25.1 Å². The molecule has 1 N–H and O–H groups in total. The van der Waals surface area contributed by atoms with Gasteiger partial charge < -0.3 is 10.1 Å². The summed E-state index contributed by atoms with van der Waals surface area (Å²) in [6.07, 6.45) is 7.76. The summed E-state index contributed by atoms with van der Waals surface area (Å²) in [6, 6.07) is 10.9. The maximum absolute atomic E-state index is 12.7. The molecule has 2 bridgehead atoms. The topological polar surface area (TPSA) is 67.3 Å². The number of nitrogens with one attached hydrogen (secondary N) is 1. The molecule has 0 radical (unpaired) electrons. The van der Waals surface area contributed by atoms with Gasteiger partial charge in [0.1, 0.15) is 0 Å². The molecule has 2 aliphatic rings. The zero-order chi connectivity index (χ0) is 20.3. The number of hydrogen-bond donors (Lipinski definition) is 1. The molecule has 6 heteroatoms. The number of carbonyl (C=O) groups excluding carboxylic acids is 1. The van der Waals surface area contributed by atoms with Crippen molar-refractivity contribution >= 4 is 11.9 Å². The Morgan fingerprint density at radius 2 is 1.93 bits per heavy atom. The van der Waals surface area contributed by atoms with E-state index in [2.05, 4.69) is 39.2 Å². The van der Waals surface area contributed by atoms with Gasteiger partial charge in [-0.3, -0.25) is 9.69 Å². The second kappa shape index (κ2) is 8.49. The predicted molar refractivity (Wildman–Crippen MR) is 112 cm³/mol. The van der Waals surface area contributed by atoms with Crippen LogP contribution in [0.4, 0.5) is 5.95 Å². The molecule has 1 aromatic heterocycles. The molecule has 2 aromatic rings. The molecule has 0 amide bonds. The minimum Gasteiger partial charge on any atom is -0.466 e. The second-order valence-corrected chi connectivity index (χ2v) is 8.11. The standard InChI is InChI=1S/C23H30N4O2/c1-3-23(21(28)29-4-2)12-19-10-11-20(23)27(19)16-18-14-25-22(26-15-18)24-13-17-8-6-5-7-9-17/h5-9,14-15,19-20H,3-4,10-13,16H2,1-2H3,(H,24,25,26)/t19-,20+,23+/m0/s1. The van der Waals surface area contributed by atoms with Crippen molar-refractivity contribution in [3.8, 4) is 0 Å². The van der Waals surface area contributed by atoms with Crippen molar-refractivity contribution in [1.29, 1.82) is 0 Å². The summed E-state index contributed by atoms with van der Waals surface area (Å²) in [7, 11) is 0. The number of benzene rings is 1. The Hall–Kier alpha value is -2.47. The van der Waals surface area contributed by atoms with Crippen molar-refractivity contribution in [2.75, 3.05) is 11.9 Å². The van der Waals surface area contributed by atoms with Gasteiger partial charge in [0.25, 0.3) is 0 Å². The number of fused-ring (bicyclic) bond motifs is 2. The summed E-state index contributed by atoms with van der Waals surface area (Å²) in [5, 5.41) is 3.27. The zero-order valence-corrected chi connectivity index (χ0v) is 17.3. The molecule has 4 rings (SSSR count). The molecular formula is C23H30N4O2. The van der Waals surface area contributed by atoms with Gasteiger partial charge in [-0.25, -0.2) is 9.97 Å². The van der Waals surface area contributed by atoms with E-state index in [1.165, 1.54) is 5.56 Å². The van der Waals surface area contributed by atoms with Crippen LogP contribution in [0.5, 0.6) is 0 Å². The Balaban J connectivity index is 1.40. The van der Waals surface area contributed by atoms with Gasteiger partial charge in [-0.2, -0.15) is 0 Å². The van der Waals surface area contributed by atoms with Crippen LogP contribution in [0.2, 0.25) is 0 Å². The Kier molecular flexibility index (Phi) is 5.81. The maximum atomic E-state index is 12.7. The van der Waals surface area contributed by atoms with Crippen LogP contribution in [-0.4, -0.2) is 39.5 Å². The summed E-state index contributed by atoms with van der Waals surface area (Å²) in [4.78, 5) is 24.2. The summed E-state index contributed by atoms with van der Waals surface area (Å²) in [5.74, 6) is 0.618. The van der Waals surface area contributed by atoms with Crippen LogP contribution in [0.25, 0.3) is 0 Å². The Labute approximate surface area is 172 Å². The zero-order valence-electron chi connectivity index (χ0n) is 17.3. The molecule has 0 unspecified atom stereocenters. The third kappa shape index (κ3) is 3.86. The van der Waals surface area contributed by atoms with E-state index in [0.717, 1.165) is 37.8 Å². The van der Waals surface area contributed by atoms with Gasteiger partial charge >= 0.3 is 5.97 Å². The monoisotopic (exact) mass is 394 g/mol. The van der Waals surface area contributed by atoms with E-state index >= 15 is 0 Å². The Bertz CT molecular complexity index is 827. The summed E-state index contributed by atoms with van der Waals surface area (Å²) in [5.41, 5.74) is 1.93. The van der Waals surface area contributed by atoms with Gasteiger partial charge in [0.05, 0.1) is 12.0 Å². The number of anilines is 1. The highest BCUT2D eigenvalue weighted by molar-refractivity contribution is 5.78. The van der Waals surface area contributed by atoms with Crippen molar-refractivity contribution in [1.82, 2.24) is 14.9 Å². The smallest absolute Gasteiger partial charge is 0.313 e. The molecule has 2 saturated heterocycles. The summed E-state index contributed by atoms with van der Waals surface area (Å²) in [6.45, 7) is 5.94. The van der Waals surface area contributed by atoms with E-state index in [1.54, 1.807) is 0 Å². The number of nitrogens with zero attached hydrogens (tertiary/aromatic N) is 3. The molecule has 6 nitrogen and oxygen atoms in total. The number of hydrogen-bond acceptors (Lipinski definition) is 6. The molecule has 0 aliphatic carbocycles. The maximum Gasteiger partial charge on any atom is 0.313 e. The van der Waals surface area contributed by atoms with Crippen LogP contribution in [0, 0.1) is 5.41 Å². The highest BCUT2D eigenvalue weighted by Gasteiger charge is 2.59.